The molecule has 0 fully saturated rings. The van der Waals surface area contributed by atoms with Crippen molar-refractivity contribution in [2.75, 3.05) is 5.32 Å². The van der Waals surface area contributed by atoms with Gasteiger partial charge < -0.3 is 10.3 Å². The van der Waals surface area contributed by atoms with Gasteiger partial charge in [-0.3, -0.25) is 9.59 Å². The van der Waals surface area contributed by atoms with Gasteiger partial charge in [-0.25, -0.2) is 4.98 Å². The second kappa shape index (κ2) is 4.39. The fourth-order valence-electron chi connectivity index (χ4n) is 1.22. The molecule has 2 rings (SSSR count). The lowest BCUT2D eigenvalue weighted by atomic mass is 10.2. The third-order valence-electron chi connectivity index (χ3n) is 2.00. The minimum atomic E-state index is -0.376. The maximum absolute atomic E-state index is 11.7. The van der Waals surface area contributed by atoms with Gasteiger partial charge >= 0.3 is 0 Å². The van der Waals surface area contributed by atoms with E-state index >= 15 is 0 Å². The summed E-state index contributed by atoms with van der Waals surface area (Å²) in [5.41, 5.74) is 0.251. The molecule has 0 atom stereocenters. The van der Waals surface area contributed by atoms with Crippen LogP contribution in [0.2, 0.25) is 0 Å². The highest BCUT2D eigenvalue weighted by atomic mass is 16.2. The number of hydrogen-bond donors (Lipinski definition) is 2. The molecule has 1 aromatic carbocycles. The van der Waals surface area contributed by atoms with E-state index in [-0.39, 0.29) is 17.2 Å². The molecule has 0 aliphatic carbocycles. The Balaban J connectivity index is 2.21. The summed E-state index contributed by atoms with van der Waals surface area (Å²) in [6.07, 6.45) is 2.57. The molecule has 1 heterocycles. The van der Waals surface area contributed by atoms with E-state index in [0.717, 1.165) is 0 Å². The first-order chi connectivity index (χ1) is 7.77. The average Bonchev–Trinajstić information content (AvgIpc) is 2.33. The van der Waals surface area contributed by atoms with Gasteiger partial charge in [0.25, 0.3) is 11.5 Å². The zero-order valence-electron chi connectivity index (χ0n) is 8.31. The summed E-state index contributed by atoms with van der Waals surface area (Å²) in [5.74, 6) is -0.334. The SMILES string of the molecule is O=C(Nc1cnc[nH]c1=O)c1ccccc1. The van der Waals surface area contributed by atoms with Gasteiger partial charge in [0, 0.05) is 5.56 Å². The number of benzene rings is 1. The molecular weight excluding hydrogens is 206 g/mol. The molecule has 2 aromatic rings. The number of hydrogen-bond acceptors (Lipinski definition) is 3. The van der Waals surface area contributed by atoms with Gasteiger partial charge in [-0.05, 0) is 12.1 Å². The maximum Gasteiger partial charge on any atom is 0.274 e. The van der Waals surface area contributed by atoms with Crippen LogP contribution in [0, 0.1) is 0 Å². The van der Waals surface area contributed by atoms with E-state index in [1.165, 1.54) is 12.5 Å². The zero-order valence-corrected chi connectivity index (χ0v) is 8.31. The second-order valence-electron chi connectivity index (χ2n) is 3.11. The summed E-state index contributed by atoms with van der Waals surface area (Å²) < 4.78 is 0. The largest absolute Gasteiger partial charge is 0.316 e. The molecule has 0 bridgehead atoms. The Bertz CT molecular complexity index is 548. The van der Waals surface area contributed by atoms with Crippen molar-refractivity contribution in [2.45, 2.75) is 0 Å². The molecule has 1 aromatic heterocycles. The van der Waals surface area contributed by atoms with Crippen LogP contribution in [0.4, 0.5) is 5.69 Å². The molecular formula is C11H9N3O2. The molecule has 0 spiro atoms. The number of nitrogens with one attached hydrogen (secondary N) is 2. The van der Waals surface area contributed by atoms with E-state index in [0.29, 0.717) is 5.56 Å². The molecule has 5 nitrogen and oxygen atoms in total. The summed E-state index contributed by atoms with van der Waals surface area (Å²) in [4.78, 5) is 29.0. The lowest BCUT2D eigenvalue weighted by Gasteiger charge is -2.02. The summed E-state index contributed by atoms with van der Waals surface area (Å²) in [6, 6.07) is 8.65. The number of aromatic nitrogens is 2. The highest BCUT2D eigenvalue weighted by Gasteiger charge is 2.07. The van der Waals surface area contributed by atoms with Crippen molar-refractivity contribution in [3.05, 3.63) is 58.8 Å². The fraction of sp³-hybridized carbons (Fsp3) is 0. The van der Waals surface area contributed by atoms with Crippen LogP contribution in [0.5, 0.6) is 0 Å². The number of nitrogens with zero attached hydrogens (tertiary/aromatic N) is 1. The zero-order chi connectivity index (χ0) is 11.4. The fourth-order valence-corrected chi connectivity index (χ4v) is 1.22. The monoisotopic (exact) mass is 215 g/mol. The standard InChI is InChI=1S/C11H9N3O2/c15-10(8-4-2-1-3-5-8)14-9-6-12-7-13-11(9)16/h1-7H,(H,14,15)(H,12,13,16). The Labute approximate surface area is 91.2 Å². The van der Waals surface area contributed by atoms with Crippen molar-refractivity contribution < 1.29 is 4.79 Å². The van der Waals surface area contributed by atoms with E-state index in [4.69, 9.17) is 0 Å². The lowest BCUT2D eigenvalue weighted by Crippen LogP contribution is -2.19. The summed E-state index contributed by atoms with van der Waals surface area (Å²) >= 11 is 0. The number of carbonyl (C=O) groups is 1. The van der Waals surface area contributed by atoms with E-state index < -0.39 is 0 Å². The number of rotatable bonds is 2. The van der Waals surface area contributed by atoms with Gasteiger partial charge in [0.15, 0.2) is 0 Å². The number of aromatic amines is 1. The molecule has 2 N–H and O–H groups in total. The molecule has 0 radical (unpaired) electrons. The molecule has 80 valence electrons. The Kier molecular flexibility index (Phi) is 2.77. The summed E-state index contributed by atoms with van der Waals surface area (Å²) in [5, 5.41) is 2.48. The quantitative estimate of drug-likeness (QED) is 0.785. The van der Waals surface area contributed by atoms with E-state index in [2.05, 4.69) is 15.3 Å². The molecule has 0 saturated heterocycles. The number of H-pyrrole nitrogens is 1. The summed E-state index contributed by atoms with van der Waals surface area (Å²) in [6.45, 7) is 0. The molecule has 0 aliphatic heterocycles. The van der Waals surface area contributed by atoms with Gasteiger partial charge in [0.05, 0.1) is 12.5 Å². The van der Waals surface area contributed by atoms with Crippen molar-refractivity contribution in [3.8, 4) is 0 Å². The highest BCUT2D eigenvalue weighted by Crippen LogP contribution is 2.02. The van der Waals surface area contributed by atoms with Crippen LogP contribution in [-0.4, -0.2) is 15.9 Å². The first-order valence-electron chi connectivity index (χ1n) is 4.66. The van der Waals surface area contributed by atoms with Crippen LogP contribution in [0.15, 0.2) is 47.7 Å². The van der Waals surface area contributed by atoms with Crippen molar-refractivity contribution >= 4 is 11.6 Å². The van der Waals surface area contributed by atoms with E-state index in [9.17, 15) is 9.59 Å². The first kappa shape index (κ1) is 10.1. The molecule has 16 heavy (non-hydrogen) atoms. The lowest BCUT2D eigenvalue weighted by molar-refractivity contribution is 0.102. The average molecular weight is 215 g/mol. The van der Waals surface area contributed by atoms with Gasteiger partial charge in [-0.2, -0.15) is 0 Å². The molecule has 0 aliphatic rings. The van der Waals surface area contributed by atoms with Crippen LogP contribution in [0.1, 0.15) is 10.4 Å². The van der Waals surface area contributed by atoms with Gasteiger partial charge in [0.1, 0.15) is 5.69 Å². The third kappa shape index (κ3) is 2.14. The normalized spacial score (nSPS) is 9.75. The number of anilines is 1. The predicted octanol–water partition coefficient (Wildman–Crippen LogP) is 1.02. The Hall–Kier alpha value is -2.43. The van der Waals surface area contributed by atoms with E-state index in [1.807, 2.05) is 6.07 Å². The smallest absolute Gasteiger partial charge is 0.274 e. The Morgan fingerprint density at radius 3 is 2.69 bits per heavy atom. The van der Waals surface area contributed by atoms with Gasteiger partial charge in [-0.1, -0.05) is 18.2 Å². The van der Waals surface area contributed by atoms with Crippen molar-refractivity contribution in [2.24, 2.45) is 0 Å². The number of amides is 1. The highest BCUT2D eigenvalue weighted by molar-refractivity contribution is 6.03. The minimum absolute atomic E-state index is 0.136. The number of carbonyl (C=O) groups excluding carboxylic acids is 1. The van der Waals surface area contributed by atoms with Crippen molar-refractivity contribution in [3.63, 3.8) is 0 Å². The van der Waals surface area contributed by atoms with Crippen LogP contribution < -0.4 is 10.9 Å². The predicted molar refractivity (Wildman–Crippen MR) is 59.3 cm³/mol. The maximum atomic E-state index is 11.7. The van der Waals surface area contributed by atoms with Gasteiger partial charge in [0.2, 0.25) is 0 Å². The van der Waals surface area contributed by atoms with E-state index in [1.54, 1.807) is 24.3 Å². The van der Waals surface area contributed by atoms with Crippen molar-refractivity contribution in [1.82, 2.24) is 9.97 Å². The van der Waals surface area contributed by atoms with Crippen LogP contribution in [0.25, 0.3) is 0 Å². The first-order valence-corrected chi connectivity index (χ1v) is 4.66. The van der Waals surface area contributed by atoms with Crippen LogP contribution >= 0.6 is 0 Å². The van der Waals surface area contributed by atoms with Crippen LogP contribution in [0.3, 0.4) is 0 Å². The topological polar surface area (TPSA) is 74.8 Å². The van der Waals surface area contributed by atoms with Crippen LogP contribution in [-0.2, 0) is 0 Å². The Morgan fingerprint density at radius 1 is 1.25 bits per heavy atom. The van der Waals surface area contributed by atoms with Gasteiger partial charge in [-0.15, -0.1) is 0 Å². The second-order valence-corrected chi connectivity index (χ2v) is 3.11. The molecule has 1 amide bonds. The third-order valence-corrected chi connectivity index (χ3v) is 2.00. The molecule has 5 heteroatoms. The Morgan fingerprint density at radius 2 is 2.00 bits per heavy atom. The molecule has 0 saturated carbocycles. The molecule has 0 unspecified atom stereocenters. The summed E-state index contributed by atoms with van der Waals surface area (Å²) in [7, 11) is 0. The van der Waals surface area contributed by atoms with Crippen molar-refractivity contribution in [1.29, 1.82) is 0 Å². The minimum Gasteiger partial charge on any atom is -0.316 e.